The van der Waals surface area contributed by atoms with E-state index in [9.17, 15) is 14.0 Å². The Morgan fingerprint density at radius 1 is 1.07 bits per heavy atom. The van der Waals surface area contributed by atoms with Gasteiger partial charge in [-0.15, -0.1) is 0 Å². The van der Waals surface area contributed by atoms with E-state index >= 15 is 0 Å². The highest BCUT2D eigenvalue weighted by Crippen LogP contribution is 2.57. The number of likely N-dealkylation sites (tertiary alicyclic amines) is 3. The highest BCUT2D eigenvalue weighted by atomic mass is 19.1. The van der Waals surface area contributed by atoms with Gasteiger partial charge in [0, 0.05) is 51.7 Å². The van der Waals surface area contributed by atoms with E-state index < -0.39 is 0 Å². The molecular formula is C24H34FN3O2. The van der Waals surface area contributed by atoms with Gasteiger partial charge in [-0.3, -0.25) is 9.59 Å². The fraction of sp³-hybridized carbons (Fsp3) is 0.667. The summed E-state index contributed by atoms with van der Waals surface area (Å²) in [5.41, 5.74) is 0.522. The Labute approximate surface area is 179 Å². The van der Waals surface area contributed by atoms with E-state index in [1.165, 1.54) is 12.1 Å². The molecule has 0 bridgehead atoms. The minimum atomic E-state index is -0.289. The van der Waals surface area contributed by atoms with Gasteiger partial charge in [0.05, 0.1) is 11.8 Å². The summed E-state index contributed by atoms with van der Waals surface area (Å²) in [6, 6.07) is 6.17. The van der Waals surface area contributed by atoms with Gasteiger partial charge in [0.25, 0.3) is 0 Å². The Kier molecular flexibility index (Phi) is 5.64. The smallest absolute Gasteiger partial charge is 0.230 e. The monoisotopic (exact) mass is 415 g/mol. The second-order valence-corrected chi connectivity index (χ2v) is 10.1. The third-order valence-electron chi connectivity index (χ3n) is 7.63. The van der Waals surface area contributed by atoms with Crippen molar-refractivity contribution in [3.05, 3.63) is 35.6 Å². The van der Waals surface area contributed by atoms with Crippen LogP contribution in [0.15, 0.2) is 24.3 Å². The number of carbonyl (C=O) groups excluding carboxylic acids is 2. The number of benzene rings is 1. The quantitative estimate of drug-likeness (QED) is 0.760. The van der Waals surface area contributed by atoms with Crippen molar-refractivity contribution in [1.29, 1.82) is 0 Å². The van der Waals surface area contributed by atoms with Crippen molar-refractivity contribution in [2.24, 2.45) is 16.7 Å². The van der Waals surface area contributed by atoms with Crippen molar-refractivity contribution in [2.45, 2.75) is 39.5 Å². The van der Waals surface area contributed by atoms with Gasteiger partial charge in [0.15, 0.2) is 0 Å². The van der Waals surface area contributed by atoms with E-state index in [0.29, 0.717) is 31.3 Å². The largest absolute Gasteiger partial charge is 0.345 e. The fourth-order valence-corrected chi connectivity index (χ4v) is 6.11. The van der Waals surface area contributed by atoms with E-state index in [0.717, 1.165) is 51.0 Å². The van der Waals surface area contributed by atoms with Gasteiger partial charge in [-0.2, -0.15) is 0 Å². The Morgan fingerprint density at radius 3 is 2.30 bits per heavy atom. The molecule has 2 amide bonds. The Balaban J connectivity index is 1.47. The van der Waals surface area contributed by atoms with Crippen LogP contribution in [0.5, 0.6) is 0 Å². The number of hydrogen-bond acceptors (Lipinski definition) is 3. The van der Waals surface area contributed by atoms with Crippen molar-refractivity contribution in [3.63, 3.8) is 0 Å². The zero-order valence-corrected chi connectivity index (χ0v) is 18.5. The normalized spacial score (nSPS) is 26.5. The molecule has 1 aromatic carbocycles. The third-order valence-corrected chi connectivity index (χ3v) is 7.63. The number of piperidine rings is 1. The predicted octanol–water partition coefficient (Wildman–Crippen LogP) is 2.80. The van der Waals surface area contributed by atoms with E-state index in [4.69, 9.17) is 0 Å². The maximum absolute atomic E-state index is 13.3. The maximum atomic E-state index is 13.3. The van der Waals surface area contributed by atoms with Crippen LogP contribution in [0.4, 0.5) is 4.39 Å². The summed E-state index contributed by atoms with van der Waals surface area (Å²) in [5, 5.41) is 0. The zero-order valence-electron chi connectivity index (χ0n) is 18.5. The van der Waals surface area contributed by atoms with E-state index in [1.807, 2.05) is 16.8 Å². The summed E-state index contributed by atoms with van der Waals surface area (Å²) in [6.07, 6.45) is 3.01. The number of hydrogen-bond donors (Lipinski definition) is 0. The summed E-state index contributed by atoms with van der Waals surface area (Å²) in [4.78, 5) is 32.5. The highest BCUT2D eigenvalue weighted by Gasteiger charge is 2.64. The summed E-state index contributed by atoms with van der Waals surface area (Å²) in [5.74, 6) is 0.691. The molecule has 4 rings (SSSR count). The number of amides is 2. The lowest BCUT2D eigenvalue weighted by Gasteiger charge is -2.47. The molecular weight excluding hydrogens is 381 g/mol. The maximum Gasteiger partial charge on any atom is 0.230 e. The van der Waals surface area contributed by atoms with Crippen LogP contribution >= 0.6 is 0 Å². The lowest BCUT2D eigenvalue weighted by molar-refractivity contribution is -0.143. The molecule has 0 aromatic heterocycles. The number of nitrogens with zero attached hydrogens (tertiary/aromatic N) is 3. The SMILES string of the molecule is CC(C)CN1CC2(CCN(C(=O)Cc3ccc(F)cc3)CC2)C2(CCN(C)C2=O)C1. The summed E-state index contributed by atoms with van der Waals surface area (Å²) >= 11 is 0. The first-order chi connectivity index (χ1) is 14.2. The molecule has 3 heterocycles. The fourth-order valence-electron chi connectivity index (χ4n) is 6.11. The van der Waals surface area contributed by atoms with Gasteiger partial charge in [0.2, 0.25) is 11.8 Å². The molecule has 1 aromatic rings. The number of rotatable bonds is 4. The van der Waals surface area contributed by atoms with E-state index in [-0.39, 0.29) is 22.6 Å². The second kappa shape index (κ2) is 7.95. The first-order valence-corrected chi connectivity index (χ1v) is 11.2. The van der Waals surface area contributed by atoms with Crippen LogP contribution in [0, 0.1) is 22.6 Å². The molecule has 0 saturated carbocycles. The van der Waals surface area contributed by atoms with Gasteiger partial charge < -0.3 is 14.7 Å². The first kappa shape index (κ1) is 21.3. The molecule has 6 heteroatoms. The molecule has 2 spiro atoms. The van der Waals surface area contributed by atoms with Crippen LogP contribution in [0.25, 0.3) is 0 Å². The van der Waals surface area contributed by atoms with Crippen LogP contribution in [0.2, 0.25) is 0 Å². The second-order valence-electron chi connectivity index (χ2n) is 10.1. The number of carbonyl (C=O) groups is 2. The summed E-state index contributed by atoms with van der Waals surface area (Å²) in [6.45, 7) is 9.55. The molecule has 1 atom stereocenters. The standard InChI is InChI=1S/C24H34FN3O2/c1-18(2)15-27-16-23(24(17-27)10-11-26(3)22(24)30)8-12-28(13-9-23)21(29)14-19-4-6-20(25)7-5-19/h4-7,18H,8-17H2,1-3H3. The van der Waals surface area contributed by atoms with Crippen molar-refractivity contribution in [2.75, 3.05) is 46.3 Å². The van der Waals surface area contributed by atoms with Gasteiger partial charge in [-0.25, -0.2) is 4.39 Å². The van der Waals surface area contributed by atoms with Gasteiger partial charge >= 0.3 is 0 Å². The Bertz CT molecular complexity index is 801. The van der Waals surface area contributed by atoms with E-state index in [2.05, 4.69) is 18.7 Å². The topological polar surface area (TPSA) is 43.9 Å². The van der Waals surface area contributed by atoms with Crippen molar-refractivity contribution in [1.82, 2.24) is 14.7 Å². The van der Waals surface area contributed by atoms with Crippen LogP contribution in [0.3, 0.4) is 0 Å². The van der Waals surface area contributed by atoms with Crippen LogP contribution < -0.4 is 0 Å². The minimum absolute atomic E-state index is 0.0314. The lowest BCUT2D eigenvalue weighted by atomic mass is 9.60. The molecule has 3 fully saturated rings. The predicted molar refractivity (Wildman–Crippen MR) is 114 cm³/mol. The molecule has 3 aliphatic heterocycles. The highest BCUT2D eigenvalue weighted by molar-refractivity contribution is 5.86. The average molecular weight is 416 g/mol. The van der Waals surface area contributed by atoms with Crippen molar-refractivity contribution >= 4 is 11.8 Å². The molecule has 0 radical (unpaired) electrons. The molecule has 3 saturated heterocycles. The Morgan fingerprint density at radius 2 is 1.73 bits per heavy atom. The third kappa shape index (κ3) is 3.64. The van der Waals surface area contributed by atoms with Crippen LogP contribution in [-0.2, 0) is 16.0 Å². The minimum Gasteiger partial charge on any atom is -0.345 e. The molecule has 5 nitrogen and oxygen atoms in total. The number of halogens is 1. The van der Waals surface area contributed by atoms with Crippen LogP contribution in [0.1, 0.15) is 38.7 Å². The number of fused-ring (bicyclic) bond motifs is 1. The molecule has 30 heavy (non-hydrogen) atoms. The van der Waals surface area contributed by atoms with Gasteiger partial charge in [-0.05, 0) is 42.9 Å². The Hall–Kier alpha value is -1.95. The zero-order chi connectivity index (χ0) is 21.5. The summed E-state index contributed by atoms with van der Waals surface area (Å²) in [7, 11) is 1.93. The summed E-state index contributed by atoms with van der Waals surface area (Å²) < 4.78 is 13.1. The molecule has 1 unspecified atom stereocenters. The lowest BCUT2D eigenvalue weighted by Crippen LogP contribution is -2.53. The van der Waals surface area contributed by atoms with Crippen molar-refractivity contribution < 1.29 is 14.0 Å². The van der Waals surface area contributed by atoms with Gasteiger partial charge in [0.1, 0.15) is 5.82 Å². The van der Waals surface area contributed by atoms with E-state index in [1.54, 1.807) is 12.1 Å². The van der Waals surface area contributed by atoms with Crippen molar-refractivity contribution in [3.8, 4) is 0 Å². The van der Waals surface area contributed by atoms with Crippen LogP contribution in [-0.4, -0.2) is 72.8 Å². The molecule has 3 aliphatic rings. The first-order valence-electron chi connectivity index (χ1n) is 11.2. The molecule has 0 aliphatic carbocycles. The molecule has 164 valence electrons. The van der Waals surface area contributed by atoms with Gasteiger partial charge in [-0.1, -0.05) is 26.0 Å². The molecule has 0 N–H and O–H groups in total. The average Bonchev–Trinajstić information content (AvgIpc) is 3.15.